The van der Waals surface area contributed by atoms with Crippen LogP contribution < -0.4 is 5.32 Å². The van der Waals surface area contributed by atoms with Crippen molar-refractivity contribution in [2.24, 2.45) is 0 Å². The van der Waals surface area contributed by atoms with E-state index in [4.69, 9.17) is 4.74 Å². The number of rotatable bonds is 8. The summed E-state index contributed by atoms with van der Waals surface area (Å²) in [6.07, 6.45) is 1.46. The molecule has 0 saturated carbocycles. The van der Waals surface area contributed by atoms with Crippen molar-refractivity contribution in [2.45, 2.75) is 6.92 Å². The maximum absolute atomic E-state index is 12.3. The highest BCUT2D eigenvalue weighted by Gasteiger charge is 2.18. The molecule has 2 aromatic rings. The van der Waals surface area contributed by atoms with Gasteiger partial charge in [-0.05, 0) is 36.8 Å². The van der Waals surface area contributed by atoms with Crippen LogP contribution in [0.25, 0.3) is 6.08 Å². The van der Waals surface area contributed by atoms with Crippen molar-refractivity contribution in [3.63, 3.8) is 0 Å². The number of esters is 1. The highest BCUT2D eigenvalue weighted by atomic mass is 32.2. The van der Waals surface area contributed by atoms with Gasteiger partial charge in [0.15, 0.2) is 0 Å². The first-order valence-electron chi connectivity index (χ1n) is 8.58. The van der Waals surface area contributed by atoms with E-state index in [1.54, 1.807) is 49.4 Å². The lowest BCUT2D eigenvalue weighted by atomic mass is 10.2. The van der Waals surface area contributed by atoms with E-state index in [0.717, 1.165) is 15.3 Å². The molecular formula is C20H22N2O5S. The molecule has 0 radical (unpaired) electrons. The van der Waals surface area contributed by atoms with Crippen LogP contribution in [-0.2, 0) is 19.6 Å². The minimum absolute atomic E-state index is 0.245. The minimum atomic E-state index is -3.76. The lowest BCUT2D eigenvalue weighted by Gasteiger charge is -2.14. The zero-order valence-corrected chi connectivity index (χ0v) is 16.5. The van der Waals surface area contributed by atoms with E-state index in [-0.39, 0.29) is 13.2 Å². The molecule has 8 heteroatoms. The number of likely N-dealkylation sites (N-methyl/N-ethyl adjacent to an activating group) is 1. The monoisotopic (exact) mass is 402 g/mol. The molecule has 7 nitrogen and oxygen atoms in total. The predicted octanol–water partition coefficient (Wildman–Crippen LogP) is 2.73. The van der Waals surface area contributed by atoms with Crippen molar-refractivity contribution in [3.8, 4) is 0 Å². The fourth-order valence-corrected chi connectivity index (χ4v) is 3.10. The highest BCUT2D eigenvalue weighted by Crippen LogP contribution is 2.12. The molecule has 0 bridgehead atoms. The van der Waals surface area contributed by atoms with Gasteiger partial charge in [0.2, 0.25) is 15.9 Å². The maximum atomic E-state index is 12.3. The quantitative estimate of drug-likeness (QED) is 0.686. The average Bonchev–Trinajstić information content (AvgIpc) is 2.67. The van der Waals surface area contributed by atoms with Crippen LogP contribution in [0.4, 0.5) is 5.69 Å². The SMILES string of the molecule is CCOC(=O)c1cccc(NC(=O)CN(C)S(=O)(=O)/C=C/c2ccccc2)c1. The van der Waals surface area contributed by atoms with Gasteiger partial charge in [-0.25, -0.2) is 13.2 Å². The molecule has 0 aliphatic rings. The highest BCUT2D eigenvalue weighted by molar-refractivity contribution is 7.92. The maximum Gasteiger partial charge on any atom is 0.338 e. The second kappa shape index (κ2) is 9.82. The fraction of sp³-hybridized carbons (Fsp3) is 0.200. The summed E-state index contributed by atoms with van der Waals surface area (Å²) in [4.78, 5) is 23.9. The Kier molecular flexibility index (Phi) is 7.48. The normalized spacial score (nSPS) is 11.5. The first-order chi connectivity index (χ1) is 13.3. The number of benzene rings is 2. The lowest BCUT2D eigenvalue weighted by Crippen LogP contribution is -2.33. The van der Waals surface area contributed by atoms with Crippen LogP contribution in [-0.4, -0.2) is 44.8 Å². The number of nitrogens with one attached hydrogen (secondary N) is 1. The topological polar surface area (TPSA) is 92.8 Å². The molecule has 0 atom stereocenters. The molecule has 1 amide bonds. The van der Waals surface area contributed by atoms with Crippen molar-refractivity contribution in [1.82, 2.24) is 4.31 Å². The molecule has 0 aliphatic carbocycles. The van der Waals surface area contributed by atoms with E-state index in [0.29, 0.717) is 11.3 Å². The predicted molar refractivity (Wildman–Crippen MR) is 108 cm³/mol. The molecule has 0 aromatic heterocycles. The molecular weight excluding hydrogens is 380 g/mol. The number of ether oxygens (including phenoxy) is 1. The van der Waals surface area contributed by atoms with E-state index in [9.17, 15) is 18.0 Å². The van der Waals surface area contributed by atoms with Crippen molar-refractivity contribution in [2.75, 3.05) is 25.5 Å². The van der Waals surface area contributed by atoms with Crippen LogP contribution in [0.5, 0.6) is 0 Å². The molecule has 0 fully saturated rings. The number of carbonyl (C=O) groups excluding carboxylic acids is 2. The van der Waals surface area contributed by atoms with E-state index < -0.39 is 21.9 Å². The Morgan fingerprint density at radius 2 is 1.82 bits per heavy atom. The Hall–Kier alpha value is -2.97. The number of sulfonamides is 1. The van der Waals surface area contributed by atoms with Gasteiger partial charge >= 0.3 is 5.97 Å². The van der Waals surface area contributed by atoms with Crippen LogP contribution in [0, 0.1) is 0 Å². The molecule has 0 aliphatic heterocycles. The van der Waals surface area contributed by atoms with E-state index in [2.05, 4.69) is 5.32 Å². The molecule has 0 unspecified atom stereocenters. The van der Waals surface area contributed by atoms with Gasteiger partial charge in [-0.15, -0.1) is 0 Å². The molecule has 0 saturated heterocycles. The second-order valence-electron chi connectivity index (χ2n) is 5.86. The largest absolute Gasteiger partial charge is 0.462 e. The molecule has 148 valence electrons. The van der Waals surface area contributed by atoms with Gasteiger partial charge in [0.25, 0.3) is 0 Å². The van der Waals surface area contributed by atoms with Gasteiger partial charge < -0.3 is 10.1 Å². The van der Waals surface area contributed by atoms with Gasteiger partial charge in [-0.1, -0.05) is 36.4 Å². The summed E-state index contributed by atoms with van der Waals surface area (Å²) in [7, 11) is -2.44. The van der Waals surface area contributed by atoms with Gasteiger partial charge in [-0.3, -0.25) is 4.79 Å². The van der Waals surface area contributed by atoms with Crippen LogP contribution in [0.15, 0.2) is 60.0 Å². The molecule has 1 N–H and O–H groups in total. The Morgan fingerprint density at radius 1 is 1.11 bits per heavy atom. The Morgan fingerprint density at radius 3 is 2.50 bits per heavy atom. The summed E-state index contributed by atoms with van der Waals surface area (Å²) in [6, 6.07) is 15.2. The van der Waals surface area contributed by atoms with Crippen LogP contribution >= 0.6 is 0 Å². The van der Waals surface area contributed by atoms with E-state index in [1.807, 2.05) is 6.07 Å². The van der Waals surface area contributed by atoms with Crippen molar-refractivity contribution in [3.05, 3.63) is 71.1 Å². The Balaban J connectivity index is 1.99. The third kappa shape index (κ3) is 6.33. The Bertz CT molecular complexity index is 956. The zero-order valence-electron chi connectivity index (χ0n) is 15.7. The third-order valence-electron chi connectivity index (χ3n) is 3.69. The summed E-state index contributed by atoms with van der Waals surface area (Å²) >= 11 is 0. The Labute approximate surface area is 164 Å². The number of hydrogen-bond acceptors (Lipinski definition) is 5. The number of nitrogens with zero attached hydrogens (tertiary/aromatic N) is 1. The average molecular weight is 402 g/mol. The summed E-state index contributed by atoms with van der Waals surface area (Å²) in [5, 5.41) is 3.63. The van der Waals surface area contributed by atoms with E-state index >= 15 is 0 Å². The fourth-order valence-electron chi connectivity index (χ4n) is 2.26. The lowest BCUT2D eigenvalue weighted by molar-refractivity contribution is -0.116. The number of hydrogen-bond donors (Lipinski definition) is 1. The molecule has 0 heterocycles. The summed E-state index contributed by atoms with van der Waals surface area (Å²) in [5.41, 5.74) is 1.41. The number of carbonyl (C=O) groups is 2. The zero-order chi connectivity index (χ0) is 20.6. The smallest absolute Gasteiger partial charge is 0.338 e. The van der Waals surface area contributed by atoms with Gasteiger partial charge in [0.1, 0.15) is 0 Å². The van der Waals surface area contributed by atoms with Gasteiger partial charge in [-0.2, -0.15) is 4.31 Å². The van der Waals surface area contributed by atoms with E-state index in [1.165, 1.54) is 19.2 Å². The van der Waals surface area contributed by atoms with Crippen molar-refractivity contribution < 1.29 is 22.7 Å². The number of anilines is 1. The van der Waals surface area contributed by atoms with Crippen LogP contribution in [0.1, 0.15) is 22.8 Å². The van der Waals surface area contributed by atoms with Crippen LogP contribution in [0.2, 0.25) is 0 Å². The van der Waals surface area contributed by atoms with Gasteiger partial charge in [0.05, 0.1) is 18.7 Å². The van der Waals surface area contributed by atoms with Crippen molar-refractivity contribution in [1.29, 1.82) is 0 Å². The molecule has 28 heavy (non-hydrogen) atoms. The summed E-state index contributed by atoms with van der Waals surface area (Å²) < 4.78 is 30.5. The van der Waals surface area contributed by atoms with Gasteiger partial charge in [0, 0.05) is 18.1 Å². The second-order valence-corrected chi connectivity index (χ2v) is 7.79. The molecule has 0 spiro atoms. The molecule has 2 rings (SSSR count). The standard InChI is InChI=1S/C20H22N2O5S/c1-3-27-20(24)17-10-7-11-18(14-17)21-19(23)15-22(2)28(25,26)13-12-16-8-5-4-6-9-16/h4-14H,3,15H2,1-2H3,(H,21,23)/b13-12+. The first-order valence-corrected chi connectivity index (χ1v) is 10.1. The minimum Gasteiger partial charge on any atom is -0.462 e. The summed E-state index contributed by atoms with van der Waals surface area (Å²) in [5.74, 6) is -1.02. The molecule has 2 aromatic carbocycles. The van der Waals surface area contributed by atoms with Crippen LogP contribution in [0.3, 0.4) is 0 Å². The van der Waals surface area contributed by atoms with Crippen molar-refractivity contribution >= 4 is 33.7 Å². The third-order valence-corrected chi connectivity index (χ3v) is 5.17. The first kappa shape index (κ1) is 21.3. The number of amides is 1. The summed E-state index contributed by atoms with van der Waals surface area (Å²) in [6.45, 7) is 1.58.